The van der Waals surface area contributed by atoms with Crippen molar-refractivity contribution in [3.8, 4) is 0 Å². The molecule has 1 aliphatic carbocycles. The van der Waals surface area contributed by atoms with Crippen LogP contribution in [0.25, 0.3) is 0 Å². The Labute approximate surface area is 100.0 Å². The van der Waals surface area contributed by atoms with Crippen molar-refractivity contribution in [3.05, 3.63) is 10.7 Å². The second-order valence-corrected chi connectivity index (χ2v) is 12.0. The maximum atomic E-state index is 3.88. The van der Waals surface area contributed by atoms with Gasteiger partial charge in [0, 0.05) is 0 Å². The number of alkyl halides is 2. The minimum atomic E-state index is 0.232. The summed E-state index contributed by atoms with van der Waals surface area (Å²) in [7, 11) is 0. The molecule has 0 heterocycles. The molecule has 1 rings (SSSR count). The maximum absolute atomic E-state index is 3.88. The predicted octanol–water partition coefficient (Wildman–Crippen LogP) is 0.950. The molecule has 0 aromatic rings. The summed E-state index contributed by atoms with van der Waals surface area (Å²) in [4.78, 5) is 0. The number of hydrogen-bond donors (Lipinski definition) is 0. The monoisotopic (exact) mass is 391 g/mol. The van der Waals surface area contributed by atoms with Crippen LogP contribution in [-0.2, 0) is 0 Å². The van der Waals surface area contributed by atoms with Gasteiger partial charge >= 0.3 is 101 Å². The molecule has 0 aromatic heterocycles. The fraction of sp³-hybridized carbons (Fsp3) is 0.800. The van der Waals surface area contributed by atoms with Crippen molar-refractivity contribution in [2.45, 2.75) is 41.0 Å². The van der Waals surface area contributed by atoms with Gasteiger partial charge in [0.25, 0.3) is 0 Å². The van der Waals surface area contributed by atoms with Gasteiger partial charge in [-0.15, -0.1) is 0 Å². The van der Waals surface area contributed by atoms with Gasteiger partial charge in [0.15, 0.2) is 0 Å². The fourth-order valence-corrected chi connectivity index (χ4v) is 5.15. The average Bonchev–Trinajstić information content (AvgIpc) is 1.98. The molecule has 0 spiro atoms. The Morgan fingerprint density at radius 1 is 1.25 bits per heavy atom. The molecule has 0 amide bonds. The molecule has 0 N–H and O–H groups in total. The minimum absolute atomic E-state index is 0.232. The Morgan fingerprint density at radius 2 is 1.75 bits per heavy atom. The van der Waals surface area contributed by atoms with Crippen LogP contribution in [0.2, 0.25) is 0 Å². The van der Waals surface area contributed by atoms with Crippen LogP contribution >= 0.6 is 22.6 Å². The van der Waals surface area contributed by atoms with Gasteiger partial charge < -0.3 is 0 Å². The molecule has 0 bridgehead atoms. The quantitative estimate of drug-likeness (QED) is 0.486. The van der Waals surface area contributed by atoms with E-state index in [0.29, 0.717) is 6.84 Å². The molecule has 1 fully saturated rings. The molecule has 2 heteroatoms. The number of rotatable bonds is 2. The Morgan fingerprint density at radius 3 is 2.17 bits per heavy atom. The van der Waals surface area contributed by atoms with Gasteiger partial charge in [-0.3, -0.25) is 0 Å². The molecule has 0 aliphatic heterocycles. The Bertz CT molecular complexity index is 163. The SMILES string of the molecule is C=C[I-]C1(I)CCC(C)(C)CC1. The molecule has 0 saturated heterocycles. The molecule has 0 nitrogen and oxygen atoms in total. The van der Waals surface area contributed by atoms with Crippen molar-refractivity contribution < 1.29 is 21.2 Å². The zero-order valence-corrected chi connectivity index (χ0v) is 12.2. The van der Waals surface area contributed by atoms with Gasteiger partial charge in [-0.2, -0.15) is 0 Å². The molecule has 0 unspecified atom stereocenters. The molecule has 1 saturated carbocycles. The van der Waals surface area contributed by atoms with Gasteiger partial charge in [-0.05, 0) is 0 Å². The third-order valence-electron chi connectivity index (χ3n) is 2.61. The van der Waals surface area contributed by atoms with E-state index in [2.05, 4.69) is 47.1 Å². The van der Waals surface area contributed by atoms with Crippen molar-refractivity contribution in [2.24, 2.45) is 5.41 Å². The summed E-state index contributed by atoms with van der Waals surface area (Å²) in [6, 6.07) is 0. The van der Waals surface area contributed by atoms with Gasteiger partial charge in [-0.1, -0.05) is 0 Å². The Balaban J connectivity index is 2.49. The van der Waals surface area contributed by atoms with Crippen molar-refractivity contribution >= 4 is 22.6 Å². The molecule has 0 aromatic carbocycles. The second-order valence-electron chi connectivity index (χ2n) is 4.28. The Hall–Kier alpha value is 1.20. The number of halogens is 2. The fourth-order valence-electron chi connectivity index (χ4n) is 1.54. The zero-order valence-electron chi connectivity index (χ0n) is 7.87. The molecule has 1 aliphatic rings. The summed E-state index contributed by atoms with van der Waals surface area (Å²) in [5.41, 5.74) is 0.611. The van der Waals surface area contributed by atoms with E-state index in [1.807, 2.05) is 0 Å². The van der Waals surface area contributed by atoms with E-state index < -0.39 is 0 Å². The topological polar surface area (TPSA) is 0 Å². The summed E-state index contributed by atoms with van der Waals surface area (Å²) in [5, 5.41) is 0. The molecule has 72 valence electrons. The van der Waals surface area contributed by atoms with Crippen LogP contribution in [0.5, 0.6) is 0 Å². The van der Waals surface area contributed by atoms with Crippen LogP contribution in [0.15, 0.2) is 10.7 Å². The standard InChI is InChI=1S/C10H17I2/c1-4-12-10(11)7-5-9(2,3)6-8-10/h4H,1,5-8H2,2-3H3/q-1. The van der Waals surface area contributed by atoms with E-state index >= 15 is 0 Å². The van der Waals surface area contributed by atoms with Crippen LogP contribution in [0.3, 0.4) is 0 Å². The summed E-state index contributed by atoms with van der Waals surface area (Å²) < 4.78 is 2.83. The van der Waals surface area contributed by atoms with E-state index in [1.165, 1.54) is 25.7 Å². The third-order valence-corrected chi connectivity index (χ3v) is 7.90. The second kappa shape index (κ2) is 4.15. The number of hydrogen-bond acceptors (Lipinski definition) is 0. The first kappa shape index (κ1) is 11.3. The van der Waals surface area contributed by atoms with Crippen molar-refractivity contribution in [1.29, 1.82) is 0 Å². The van der Waals surface area contributed by atoms with Crippen LogP contribution in [0, 0.1) is 5.41 Å². The first-order valence-corrected chi connectivity index (χ1v) is 7.82. The van der Waals surface area contributed by atoms with E-state index in [1.54, 1.807) is 0 Å². The summed E-state index contributed by atoms with van der Waals surface area (Å²) in [6.07, 6.45) is 5.65. The first-order valence-electron chi connectivity index (χ1n) is 4.42. The Kier molecular flexibility index (Phi) is 3.90. The normalized spacial score (nSPS) is 26.9. The first-order chi connectivity index (χ1) is 5.47. The van der Waals surface area contributed by atoms with Gasteiger partial charge in [0.1, 0.15) is 0 Å². The average molecular weight is 391 g/mol. The van der Waals surface area contributed by atoms with Crippen molar-refractivity contribution in [1.82, 2.24) is 0 Å². The predicted molar refractivity (Wildman–Crippen MR) is 59.2 cm³/mol. The molecule has 0 atom stereocenters. The van der Waals surface area contributed by atoms with E-state index in [-0.39, 0.29) is 21.2 Å². The molecule has 0 radical (unpaired) electrons. The van der Waals surface area contributed by atoms with Crippen LogP contribution in [-0.4, -0.2) is 1.43 Å². The van der Waals surface area contributed by atoms with Crippen molar-refractivity contribution in [3.63, 3.8) is 0 Å². The summed E-state index contributed by atoms with van der Waals surface area (Å²) in [6.45, 7) is 8.68. The van der Waals surface area contributed by atoms with Gasteiger partial charge in [0.05, 0.1) is 0 Å². The summed E-state index contributed by atoms with van der Waals surface area (Å²) in [5.74, 6) is 0. The van der Waals surface area contributed by atoms with Crippen molar-refractivity contribution in [2.75, 3.05) is 0 Å². The van der Waals surface area contributed by atoms with Gasteiger partial charge in [0.2, 0.25) is 0 Å². The zero-order chi connectivity index (χ0) is 9.24. The van der Waals surface area contributed by atoms with E-state index in [4.69, 9.17) is 0 Å². The van der Waals surface area contributed by atoms with Gasteiger partial charge in [-0.25, -0.2) is 0 Å². The summed E-state index contributed by atoms with van der Waals surface area (Å²) >= 11 is 2.92. The van der Waals surface area contributed by atoms with Crippen LogP contribution < -0.4 is 21.2 Å². The molecular weight excluding hydrogens is 374 g/mol. The van der Waals surface area contributed by atoms with E-state index in [0.717, 1.165) is 0 Å². The van der Waals surface area contributed by atoms with Crippen LogP contribution in [0.1, 0.15) is 39.5 Å². The van der Waals surface area contributed by atoms with Crippen LogP contribution in [0.4, 0.5) is 0 Å². The molecular formula is C10H17I2-. The third kappa shape index (κ3) is 3.16. The van der Waals surface area contributed by atoms with E-state index in [9.17, 15) is 0 Å². The molecule has 12 heavy (non-hydrogen) atoms.